The van der Waals surface area contributed by atoms with E-state index in [1.54, 1.807) is 0 Å². The zero-order valence-electron chi connectivity index (χ0n) is 10.1. The van der Waals surface area contributed by atoms with Gasteiger partial charge in [-0.2, -0.15) is 0 Å². The molecule has 0 saturated heterocycles. The maximum Gasteiger partial charge on any atom is 0.307 e. The van der Waals surface area contributed by atoms with E-state index in [2.05, 4.69) is 5.32 Å². The lowest BCUT2D eigenvalue weighted by atomic mass is 10.2. The molecule has 1 aliphatic carbocycles. The largest absolute Gasteiger partial charge is 0.481 e. The van der Waals surface area contributed by atoms with Crippen LogP contribution in [0.2, 0.25) is 0 Å². The molecular formula is C10H17NO5S. The van der Waals surface area contributed by atoms with Crippen LogP contribution < -0.4 is 5.32 Å². The number of nitrogens with one attached hydrogen (secondary N) is 1. The SMILES string of the molecule is CC(C)(CNC(=O)C1CC1C(=O)O)S(C)(=O)=O. The van der Waals surface area contributed by atoms with E-state index in [0.29, 0.717) is 6.42 Å². The Morgan fingerprint density at radius 2 is 1.88 bits per heavy atom. The number of carbonyl (C=O) groups excluding carboxylic acids is 1. The molecule has 2 unspecified atom stereocenters. The summed E-state index contributed by atoms with van der Waals surface area (Å²) in [6.07, 6.45) is 1.44. The summed E-state index contributed by atoms with van der Waals surface area (Å²) >= 11 is 0. The highest BCUT2D eigenvalue weighted by Gasteiger charge is 2.48. The number of sulfone groups is 1. The summed E-state index contributed by atoms with van der Waals surface area (Å²) in [5.74, 6) is -2.49. The van der Waals surface area contributed by atoms with Gasteiger partial charge in [0, 0.05) is 12.8 Å². The molecule has 0 radical (unpaired) electrons. The van der Waals surface area contributed by atoms with Crippen LogP contribution >= 0.6 is 0 Å². The molecule has 2 atom stereocenters. The van der Waals surface area contributed by atoms with E-state index in [4.69, 9.17) is 5.11 Å². The fourth-order valence-electron chi connectivity index (χ4n) is 1.32. The molecule has 1 aliphatic rings. The number of amides is 1. The van der Waals surface area contributed by atoms with Gasteiger partial charge in [-0.05, 0) is 20.3 Å². The van der Waals surface area contributed by atoms with Gasteiger partial charge in [0.2, 0.25) is 5.91 Å². The van der Waals surface area contributed by atoms with Gasteiger partial charge in [-0.25, -0.2) is 8.42 Å². The molecule has 1 saturated carbocycles. The standard InChI is InChI=1S/C10H17NO5S/c1-10(2,17(3,15)16)5-11-8(12)6-4-7(6)9(13)14/h6-7H,4-5H2,1-3H3,(H,11,12)(H,13,14). The van der Waals surface area contributed by atoms with Crippen LogP contribution in [0.25, 0.3) is 0 Å². The second-order valence-corrected chi connectivity index (χ2v) is 7.69. The summed E-state index contributed by atoms with van der Waals surface area (Å²) in [7, 11) is -3.26. The highest BCUT2D eigenvalue weighted by atomic mass is 32.2. The van der Waals surface area contributed by atoms with Crippen LogP contribution in [0.5, 0.6) is 0 Å². The van der Waals surface area contributed by atoms with E-state index >= 15 is 0 Å². The number of aliphatic carboxylic acids is 1. The first-order chi connectivity index (χ1) is 7.56. The van der Waals surface area contributed by atoms with Crippen molar-refractivity contribution in [2.24, 2.45) is 11.8 Å². The van der Waals surface area contributed by atoms with Gasteiger partial charge in [-0.3, -0.25) is 9.59 Å². The third kappa shape index (κ3) is 3.18. The molecule has 7 heteroatoms. The minimum atomic E-state index is -3.26. The topological polar surface area (TPSA) is 101 Å². The lowest BCUT2D eigenvalue weighted by Crippen LogP contribution is -2.44. The minimum Gasteiger partial charge on any atom is -0.481 e. The molecule has 0 bridgehead atoms. The van der Waals surface area contributed by atoms with Crippen LogP contribution in [0.3, 0.4) is 0 Å². The molecule has 0 aromatic rings. The Kier molecular flexibility index (Phi) is 3.52. The normalized spacial score (nSPS) is 24.2. The van der Waals surface area contributed by atoms with Gasteiger partial charge in [0.05, 0.1) is 16.6 Å². The summed E-state index contributed by atoms with van der Waals surface area (Å²) in [6, 6.07) is 0. The second kappa shape index (κ2) is 4.29. The van der Waals surface area contributed by atoms with Crippen LogP contribution in [0.4, 0.5) is 0 Å². The van der Waals surface area contributed by atoms with Gasteiger partial charge in [-0.15, -0.1) is 0 Å². The fourth-order valence-corrected chi connectivity index (χ4v) is 1.65. The van der Waals surface area contributed by atoms with E-state index in [1.807, 2.05) is 0 Å². The van der Waals surface area contributed by atoms with Gasteiger partial charge in [0.15, 0.2) is 9.84 Å². The van der Waals surface area contributed by atoms with Crippen LogP contribution in [0, 0.1) is 11.8 Å². The number of carboxylic acid groups (broad SMARTS) is 1. The monoisotopic (exact) mass is 263 g/mol. The van der Waals surface area contributed by atoms with Gasteiger partial charge < -0.3 is 10.4 Å². The fraction of sp³-hybridized carbons (Fsp3) is 0.800. The molecule has 17 heavy (non-hydrogen) atoms. The highest BCUT2D eigenvalue weighted by Crippen LogP contribution is 2.38. The van der Waals surface area contributed by atoms with Crippen LogP contribution in [0.15, 0.2) is 0 Å². The zero-order chi connectivity index (χ0) is 13.4. The van der Waals surface area contributed by atoms with E-state index in [1.165, 1.54) is 13.8 Å². The Bertz CT molecular complexity index is 440. The summed E-state index contributed by atoms with van der Waals surface area (Å²) in [4.78, 5) is 22.1. The molecule has 1 amide bonds. The first-order valence-electron chi connectivity index (χ1n) is 5.26. The number of hydrogen-bond acceptors (Lipinski definition) is 4. The predicted octanol–water partition coefficient (Wildman–Crippen LogP) is -0.353. The van der Waals surface area contributed by atoms with E-state index < -0.39 is 32.4 Å². The van der Waals surface area contributed by atoms with Crippen molar-refractivity contribution in [3.63, 3.8) is 0 Å². The van der Waals surface area contributed by atoms with E-state index in [9.17, 15) is 18.0 Å². The van der Waals surface area contributed by atoms with Crippen molar-refractivity contribution >= 4 is 21.7 Å². The summed E-state index contributed by atoms with van der Waals surface area (Å²) in [5.41, 5.74) is 0. The van der Waals surface area contributed by atoms with Gasteiger partial charge in [0.25, 0.3) is 0 Å². The van der Waals surface area contributed by atoms with Gasteiger partial charge in [-0.1, -0.05) is 0 Å². The molecule has 6 nitrogen and oxygen atoms in total. The Morgan fingerprint density at radius 3 is 2.24 bits per heavy atom. The third-order valence-electron chi connectivity index (χ3n) is 3.14. The Hall–Kier alpha value is -1.11. The smallest absolute Gasteiger partial charge is 0.307 e. The molecular weight excluding hydrogens is 246 g/mol. The second-order valence-electron chi connectivity index (χ2n) is 5.04. The average Bonchev–Trinajstić information content (AvgIpc) is 2.91. The molecule has 0 aromatic heterocycles. The lowest BCUT2D eigenvalue weighted by molar-refractivity contribution is -0.140. The van der Waals surface area contributed by atoms with Crippen molar-refractivity contribution in [1.82, 2.24) is 5.32 Å². The van der Waals surface area contributed by atoms with Gasteiger partial charge in [0.1, 0.15) is 0 Å². The van der Waals surface area contributed by atoms with Gasteiger partial charge >= 0.3 is 5.97 Å². The summed E-state index contributed by atoms with van der Waals surface area (Å²) in [5, 5.41) is 11.1. The van der Waals surface area contributed by atoms with Crippen molar-refractivity contribution in [2.45, 2.75) is 25.0 Å². The molecule has 1 fully saturated rings. The Balaban J connectivity index is 2.48. The van der Waals surface area contributed by atoms with Crippen molar-refractivity contribution < 1.29 is 23.1 Å². The van der Waals surface area contributed by atoms with Crippen molar-refractivity contribution in [3.05, 3.63) is 0 Å². The minimum absolute atomic E-state index is 0.00644. The number of carbonyl (C=O) groups is 2. The molecule has 98 valence electrons. The van der Waals surface area contributed by atoms with E-state index in [-0.39, 0.29) is 12.5 Å². The van der Waals surface area contributed by atoms with Crippen LogP contribution in [0.1, 0.15) is 20.3 Å². The summed E-state index contributed by atoms with van der Waals surface area (Å²) < 4.78 is 21.7. The average molecular weight is 263 g/mol. The molecule has 0 aliphatic heterocycles. The van der Waals surface area contributed by atoms with Crippen molar-refractivity contribution in [1.29, 1.82) is 0 Å². The third-order valence-corrected chi connectivity index (χ3v) is 5.29. The first-order valence-corrected chi connectivity index (χ1v) is 7.15. The molecule has 0 heterocycles. The molecule has 2 N–H and O–H groups in total. The number of rotatable bonds is 5. The Labute approximate surface area is 100 Å². The Morgan fingerprint density at radius 1 is 1.35 bits per heavy atom. The number of carboxylic acids is 1. The molecule has 0 spiro atoms. The molecule has 1 rings (SSSR count). The maximum absolute atomic E-state index is 11.5. The maximum atomic E-state index is 11.5. The number of hydrogen-bond donors (Lipinski definition) is 2. The van der Waals surface area contributed by atoms with Crippen LogP contribution in [-0.4, -0.2) is 42.9 Å². The molecule has 0 aromatic carbocycles. The quantitative estimate of drug-likeness (QED) is 0.706. The van der Waals surface area contributed by atoms with Crippen LogP contribution in [-0.2, 0) is 19.4 Å². The highest BCUT2D eigenvalue weighted by molar-refractivity contribution is 7.92. The predicted molar refractivity (Wildman–Crippen MR) is 61.2 cm³/mol. The lowest BCUT2D eigenvalue weighted by Gasteiger charge is -2.22. The first kappa shape index (κ1) is 14.0. The van der Waals surface area contributed by atoms with Crippen molar-refractivity contribution in [2.75, 3.05) is 12.8 Å². The zero-order valence-corrected chi connectivity index (χ0v) is 10.9. The van der Waals surface area contributed by atoms with Crippen molar-refractivity contribution in [3.8, 4) is 0 Å². The van der Waals surface area contributed by atoms with E-state index in [0.717, 1.165) is 6.26 Å². The summed E-state index contributed by atoms with van der Waals surface area (Å²) in [6.45, 7) is 3.03.